The molecule has 0 amide bonds. The van der Waals surface area contributed by atoms with Crippen LogP contribution in [0.4, 0.5) is 0 Å². The van der Waals surface area contributed by atoms with E-state index in [9.17, 15) is 4.79 Å². The third-order valence-corrected chi connectivity index (χ3v) is 10.0. The molecule has 0 spiro atoms. The van der Waals surface area contributed by atoms with Crippen molar-refractivity contribution < 1.29 is 14.0 Å². The highest BCUT2D eigenvalue weighted by Gasteiger charge is 2.42. The lowest BCUT2D eigenvalue weighted by Gasteiger charge is -2.44. The molecule has 0 aliphatic heterocycles. The summed E-state index contributed by atoms with van der Waals surface area (Å²) >= 11 is 0. The van der Waals surface area contributed by atoms with Gasteiger partial charge in [0.05, 0.1) is 14.7 Å². The standard InChI is InChI=1S/C15H32O3Si2/c1-13(2)14(16)17-11-10-12-20(8,9)15(3,4)18-19(5,6)7/h1,10-12H2,2-9H3. The summed E-state index contributed by atoms with van der Waals surface area (Å²) in [5, 5.41) is -0.0458. The van der Waals surface area contributed by atoms with E-state index >= 15 is 0 Å². The summed E-state index contributed by atoms with van der Waals surface area (Å²) in [5.74, 6) is -0.290. The fourth-order valence-electron chi connectivity index (χ4n) is 2.01. The minimum absolute atomic E-state index is 0.0458. The van der Waals surface area contributed by atoms with Crippen LogP contribution in [-0.4, -0.2) is 34.2 Å². The third kappa shape index (κ3) is 6.86. The molecule has 0 rings (SSSR count). The number of hydrogen-bond donors (Lipinski definition) is 0. The van der Waals surface area contributed by atoms with E-state index in [4.69, 9.17) is 9.16 Å². The summed E-state index contributed by atoms with van der Waals surface area (Å²) in [6, 6.07) is 1.09. The third-order valence-electron chi connectivity index (χ3n) is 3.72. The number of ether oxygens (including phenoxy) is 1. The molecule has 20 heavy (non-hydrogen) atoms. The Morgan fingerprint density at radius 1 is 1.15 bits per heavy atom. The van der Waals surface area contributed by atoms with Gasteiger partial charge in [-0.2, -0.15) is 0 Å². The van der Waals surface area contributed by atoms with Crippen molar-refractivity contribution in [3.63, 3.8) is 0 Å². The second kappa shape index (κ2) is 7.05. The van der Waals surface area contributed by atoms with E-state index < -0.39 is 16.4 Å². The van der Waals surface area contributed by atoms with E-state index in [1.165, 1.54) is 0 Å². The molecule has 0 aliphatic carbocycles. The van der Waals surface area contributed by atoms with Crippen molar-refractivity contribution in [1.82, 2.24) is 0 Å². The van der Waals surface area contributed by atoms with Crippen LogP contribution < -0.4 is 0 Å². The van der Waals surface area contributed by atoms with Crippen LogP contribution in [-0.2, 0) is 14.0 Å². The van der Waals surface area contributed by atoms with Gasteiger partial charge in [-0.1, -0.05) is 25.7 Å². The summed E-state index contributed by atoms with van der Waals surface area (Å²) in [6.45, 7) is 21.6. The SMILES string of the molecule is C=C(C)C(=O)OCCC[Si](C)(C)C(C)(C)O[Si](C)(C)C. The van der Waals surface area contributed by atoms with Gasteiger partial charge in [0, 0.05) is 10.8 Å². The van der Waals surface area contributed by atoms with Gasteiger partial charge < -0.3 is 9.16 Å². The number of hydrogen-bond acceptors (Lipinski definition) is 3. The molecule has 0 heterocycles. The quantitative estimate of drug-likeness (QED) is 0.289. The van der Waals surface area contributed by atoms with Crippen molar-refractivity contribution in [2.75, 3.05) is 6.61 Å². The van der Waals surface area contributed by atoms with Gasteiger partial charge in [0.25, 0.3) is 0 Å². The van der Waals surface area contributed by atoms with Crippen LogP contribution in [0.5, 0.6) is 0 Å². The minimum Gasteiger partial charge on any atom is -0.462 e. The van der Waals surface area contributed by atoms with E-state index in [2.05, 4.69) is 53.2 Å². The van der Waals surface area contributed by atoms with Gasteiger partial charge in [-0.05, 0) is 46.8 Å². The topological polar surface area (TPSA) is 35.5 Å². The molecule has 0 saturated carbocycles. The van der Waals surface area contributed by atoms with Crippen molar-refractivity contribution in [2.45, 2.75) is 71.2 Å². The van der Waals surface area contributed by atoms with Gasteiger partial charge >= 0.3 is 5.97 Å². The molecule has 0 saturated heterocycles. The Labute approximate surface area is 126 Å². The predicted octanol–water partition coefficient (Wildman–Crippen LogP) is 4.37. The van der Waals surface area contributed by atoms with Crippen molar-refractivity contribution in [3.8, 4) is 0 Å². The number of esters is 1. The molecule has 0 unspecified atom stereocenters. The molecule has 0 atom stereocenters. The van der Waals surface area contributed by atoms with E-state index in [0.29, 0.717) is 12.2 Å². The van der Waals surface area contributed by atoms with Crippen LogP contribution in [0.1, 0.15) is 27.2 Å². The molecule has 0 bridgehead atoms. The molecule has 5 heteroatoms. The van der Waals surface area contributed by atoms with Gasteiger partial charge in [0.2, 0.25) is 0 Å². The van der Waals surface area contributed by atoms with Crippen molar-refractivity contribution in [1.29, 1.82) is 0 Å². The summed E-state index contributed by atoms with van der Waals surface area (Å²) in [7, 11) is -3.09. The first kappa shape index (κ1) is 19.6. The zero-order valence-electron chi connectivity index (χ0n) is 14.6. The molecule has 0 aromatic rings. The Bertz CT molecular complexity index is 355. The Morgan fingerprint density at radius 3 is 2.05 bits per heavy atom. The molecule has 0 N–H and O–H groups in total. The van der Waals surface area contributed by atoms with Crippen LogP contribution in [0.15, 0.2) is 12.2 Å². The summed E-state index contributed by atoms with van der Waals surface area (Å²) < 4.78 is 11.5. The second-order valence-corrected chi connectivity index (χ2v) is 17.5. The van der Waals surface area contributed by atoms with Gasteiger partial charge in [-0.25, -0.2) is 4.79 Å². The monoisotopic (exact) mass is 316 g/mol. The van der Waals surface area contributed by atoms with E-state index in [-0.39, 0.29) is 11.2 Å². The maximum absolute atomic E-state index is 11.3. The zero-order valence-corrected chi connectivity index (χ0v) is 16.6. The van der Waals surface area contributed by atoms with Gasteiger partial charge in [-0.3, -0.25) is 0 Å². The lowest BCUT2D eigenvalue weighted by molar-refractivity contribution is -0.138. The van der Waals surface area contributed by atoms with Gasteiger partial charge in [-0.15, -0.1) is 0 Å². The van der Waals surface area contributed by atoms with Crippen LogP contribution >= 0.6 is 0 Å². The summed E-state index contributed by atoms with van der Waals surface area (Å²) in [6.07, 6.45) is 0.900. The Morgan fingerprint density at radius 2 is 1.65 bits per heavy atom. The average molecular weight is 317 g/mol. The van der Waals surface area contributed by atoms with Crippen LogP contribution in [0.2, 0.25) is 38.8 Å². The van der Waals surface area contributed by atoms with E-state index in [1.807, 2.05) is 0 Å². The highest BCUT2D eigenvalue weighted by atomic mass is 28.4. The number of rotatable bonds is 8. The lowest BCUT2D eigenvalue weighted by Crippen LogP contribution is -2.56. The normalized spacial score (nSPS) is 13.2. The molecule has 3 nitrogen and oxygen atoms in total. The lowest BCUT2D eigenvalue weighted by atomic mass is 10.4. The van der Waals surface area contributed by atoms with Crippen LogP contribution in [0, 0.1) is 0 Å². The molecule has 0 radical (unpaired) electrons. The number of carbonyl (C=O) groups excluding carboxylic acids is 1. The maximum atomic E-state index is 11.3. The molecule has 0 aliphatic rings. The van der Waals surface area contributed by atoms with E-state index in [0.717, 1.165) is 12.5 Å². The van der Waals surface area contributed by atoms with E-state index in [1.54, 1.807) is 6.92 Å². The highest BCUT2D eigenvalue weighted by Crippen LogP contribution is 2.31. The molecule has 0 aromatic carbocycles. The molecule has 118 valence electrons. The van der Waals surface area contributed by atoms with Crippen LogP contribution in [0.25, 0.3) is 0 Å². The molecule has 0 fully saturated rings. The highest BCUT2D eigenvalue weighted by molar-refractivity contribution is 6.81. The summed E-state index contributed by atoms with van der Waals surface area (Å²) in [4.78, 5) is 11.3. The first-order valence-corrected chi connectivity index (χ1v) is 13.9. The van der Waals surface area contributed by atoms with Crippen molar-refractivity contribution in [2.24, 2.45) is 0 Å². The van der Waals surface area contributed by atoms with Gasteiger partial charge in [0.1, 0.15) is 0 Å². The van der Waals surface area contributed by atoms with Gasteiger partial charge in [0.15, 0.2) is 8.32 Å². The molecular formula is C15H32O3Si2. The minimum atomic E-state index is -1.54. The average Bonchev–Trinajstić information content (AvgIpc) is 2.20. The Hall–Kier alpha value is -0.396. The maximum Gasteiger partial charge on any atom is 0.333 e. The Kier molecular flexibility index (Phi) is 6.91. The molecular weight excluding hydrogens is 284 g/mol. The first-order chi connectivity index (χ1) is 8.78. The fraction of sp³-hybridized carbons (Fsp3) is 0.800. The first-order valence-electron chi connectivity index (χ1n) is 7.31. The Balaban J connectivity index is 4.37. The molecule has 0 aromatic heterocycles. The number of carbonyl (C=O) groups is 1. The van der Waals surface area contributed by atoms with Crippen molar-refractivity contribution >= 4 is 22.4 Å². The zero-order chi connectivity index (χ0) is 16.2. The van der Waals surface area contributed by atoms with Crippen molar-refractivity contribution in [3.05, 3.63) is 12.2 Å². The predicted molar refractivity (Wildman–Crippen MR) is 91.2 cm³/mol. The largest absolute Gasteiger partial charge is 0.462 e. The summed E-state index contributed by atoms with van der Waals surface area (Å²) in [5.41, 5.74) is 0.462. The van der Waals surface area contributed by atoms with Crippen LogP contribution in [0.3, 0.4) is 0 Å². The fourth-order valence-corrected chi connectivity index (χ4v) is 7.19. The second-order valence-electron chi connectivity index (χ2n) is 7.63. The smallest absolute Gasteiger partial charge is 0.333 e.